The minimum Gasteiger partial charge on any atom is -0.508 e. The highest BCUT2D eigenvalue weighted by atomic mass is 35.5. The first kappa shape index (κ1) is 52.7. The van der Waals surface area contributed by atoms with Crippen LogP contribution in [-0.4, -0.2) is 138 Å². The summed E-state index contributed by atoms with van der Waals surface area (Å²) >= 11 is 11.6. The van der Waals surface area contributed by atoms with Gasteiger partial charge in [0.25, 0.3) is 5.91 Å². The quantitative estimate of drug-likeness (QED) is 0.0591. The van der Waals surface area contributed by atoms with E-state index in [1.165, 1.54) is 53.1 Å². The number of alkyl halides is 2. The lowest BCUT2D eigenvalue weighted by Gasteiger charge is -2.39. The third-order valence-corrected chi connectivity index (χ3v) is 12.0. The van der Waals surface area contributed by atoms with E-state index in [1.807, 2.05) is 0 Å². The van der Waals surface area contributed by atoms with Crippen LogP contribution in [0.2, 0.25) is 0 Å². The summed E-state index contributed by atoms with van der Waals surface area (Å²) in [7, 11) is 2.88. The minimum absolute atomic E-state index is 0.00182. The summed E-state index contributed by atoms with van der Waals surface area (Å²) in [5.74, 6) is -5.52. The molecule has 0 aromatic heterocycles. The molecule has 3 rings (SSSR count). The van der Waals surface area contributed by atoms with E-state index in [4.69, 9.17) is 28.9 Å². The number of halogens is 2. The van der Waals surface area contributed by atoms with Gasteiger partial charge in [0, 0.05) is 39.5 Å². The zero-order chi connectivity index (χ0) is 47.1. The third kappa shape index (κ3) is 15.5. The number of benzene rings is 2. The number of hydrogen-bond donors (Lipinski definition) is 7. The van der Waals surface area contributed by atoms with E-state index in [-0.39, 0.29) is 37.3 Å². The van der Waals surface area contributed by atoms with E-state index in [1.54, 1.807) is 52.0 Å². The maximum atomic E-state index is 14.7. The maximum absolute atomic E-state index is 14.7. The van der Waals surface area contributed by atoms with Crippen molar-refractivity contribution in [2.24, 2.45) is 17.6 Å². The van der Waals surface area contributed by atoms with Gasteiger partial charge >= 0.3 is 5.97 Å². The van der Waals surface area contributed by atoms with E-state index >= 15 is 0 Å². The molecule has 350 valence electrons. The predicted molar refractivity (Wildman–Crippen MR) is 240 cm³/mol. The predicted octanol–water partition coefficient (Wildman–Crippen LogP) is 3.73. The molecule has 1 heterocycles. The van der Waals surface area contributed by atoms with Gasteiger partial charge in [-0.25, -0.2) is 4.79 Å². The van der Waals surface area contributed by atoms with Crippen LogP contribution in [0.3, 0.4) is 0 Å². The topological polar surface area (TPSA) is 243 Å². The smallest absolute Gasteiger partial charge is 0.326 e. The molecule has 0 radical (unpaired) electrons. The number of unbranched alkanes of at least 4 members (excludes halogenated alkanes) is 3. The van der Waals surface area contributed by atoms with Gasteiger partial charge in [0.1, 0.15) is 52.6 Å². The number of nitrogens with one attached hydrogen (secondary N) is 2. The summed E-state index contributed by atoms with van der Waals surface area (Å²) in [4.78, 5) is 86.3. The lowest BCUT2D eigenvalue weighted by molar-refractivity contribution is -0.154. The third-order valence-electron chi connectivity index (χ3n) is 11.6. The number of phenolic OH excluding ortho intramolecular Hbond substituents is 2. The van der Waals surface area contributed by atoms with Crippen molar-refractivity contribution < 1.29 is 49.2 Å². The average Bonchev–Trinajstić information content (AvgIpc) is 3.73. The summed E-state index contributed by atoms with van der Waals surface area (Å²) in [6, 6.07) is 5.26. The SMILES string of the molecule is CC(C)[C@H](NC(=O)[C@@H](O)[C@@H](N)CCCCCCC(Cl)Cl)C(=O)N(C)[C@H](C(=O)N(C)[C@@H](Cc1ccc(O)cc1)C(=O)N1CCC[C@H]1C(=O)N[C@@H](Cc1ccc(O)cc1)C(=O)O)C(C)C. The van der Waals surface area contributed by atoms with Crippen molar-refractivity contribution in [1.29, 1.82) is 0 Å². The van der Waals surface area contributed by atoms with Crippen molar-refractivity contribution in [2.45, 2.75) is 139 Å². The number of carboxylic acid groups (broad SMARTS) is 1. The van der Waals surface area contributed by atoms with Crippen molar-refractivity contribution in [1.82, 2.24) is 25.3 Å². The van der Waals surface area contributed by atoms with E-state index in [2.05, 4.69) is 10.6 Å². The van der Waals surface area contributed by atoms with Gasteiger partial charge in [0.05, 0.1) is 0 Å². The fraction of sp³-hybridized carbons (Fsp3) is 0.600. The van der Waals surface area contributed by atoms with E-state index in [0.29, 0.717) is 36.8 Å². The highest BCUT2D eigenvalue weighted by molar-refractivity contribution is 6.44. The number of carbonyl (C=O) groups is 6. The Bertz CT molecular complexity index is 1830. The molecule has 2 aromatic carbocycles. The van der Waals surface area contributed by atoms with E-state index < -0.39 is 94.5 Å². The molecule has 18 heteroatoms. The minimum atomic E-state index is -1.59. The largest absolute Gasteiger partial charge is 0.508 e. The molecule has 0 spiro atoms. The molecule has 0 aliphatic carbocycles. The highest BCUT2D eigenvalue weighted by Crippen LogP contribution is 2.25. The second kappa shape index (κ2) is 25.0. The Balaban J connectivity index is 1.83. The number of likely N-dealkylation sites (tertiary alicyclic amines) is 1. The van der Waals surface area contributed by atoms with Crippen LogP contribution < -0.4 is 16.4 Å². The molecule has 0 saturated carbocycles. The number of aromatic hydroxyl groups is 2. The Hall–Kier alpha value is -4.64. The number of carbonyl (C=O) groups excluding carboxylic acids is 5. The van der Waals surface area contributed by atoms with Crippen molar-refractivity contribution in [2.75, 3.05) is 20.6 Å². The van der Waals surface area contributed by atoms with Crippen LogP contribution in [0.1, 0.15) is 90.2 Å². The first-order chi connectivity index (χ1) is 29.6. The number of aliphatic hydroxyl groups is 1. The van der Waals surface area contributed by atoms with Crippen LogP contribution >= 0.6 is 23.2 Å². The monoisotopic (exact) mass is 920 g/mol. The van der Waals surface area contributed by atoms with Gasteiger partial charge in [-0.05, 0) is 72.9 Å². The van der Waals surface area contributed by atoms with Crippen LogP contribution in [0.4, 0.5) is 0 Å². The molecule has 63 heavy (non-hydrogen) atoms. The molecule has 8 N–H and O–H groups in total. The molecule has 1 aliphatic heterocycles. The fourth-order valence-electron chi connectivity index (χ4n) is 7.83. The van der Waals surface area contributed by atoms with Gasteiger partial charge in [-0.15, -0.1) is 23.2 Å². The molecule has 1 saturated heterocycles. The summed E-state index contributed by atoms with van der Waals surface area (Å²) in [5, 5.41) is 45.6. The Morgan fingerprint density at radius 3 is 1.83 bits per heavy atom. The lowest BCUT2D eigenvalue weighted by Crippen LogP contribution is -2.61. The molecule has 7 atom stereocenters. The number of nitrogens with two attached hydrogens (primary N) is 1. The van der Waals surface area contributed by atoms with Crippen LogP contribution in [-0.2, 0) is 41.6 Å². The normalized spacial score (nSPS) is 16.8. The molecule has 16 nitrogen and oxygen atoms in total. The second-order valence-electron chi connectivity index (χ2n) is 17.2. The number of likely N-dealkylation sites (N-methyl/N-ethyl adjacent to an activating group) is 2. The van der Waals surface area contributed by atoms with Crippen molar-refractivity contribution in [3.63, 3.8) is 0 Å². The molecule has 2 aromatic rings. The number of aliphatic carboxylic acids is 1. The molecule has 5 amide bonds. The Morgan fingerprint density at radius 2 is 1.32 bits per heavy atom. The van der Waals surface area contributed by atoms with Gasteiger partial charge in [-0.2, -0.15) is 0 Å². The van der Waals surface area contributed by atoms with Gasteiger partial charge < -0.3 is 51.5 Å². The number of hydrogen-bond acceptors (Lipinski definition) is 10. The average molecular weight is 922 g/mol. The first-order valence-electron chi connectivity index (χ1n) is 21.6. The summed E-state index contributed by atoms with van der Waals surface area (Å²) in [6.07, 6.45) is 3.19. The number of phenols is 2. The Morgan fingerprint density at radius 1 is 0.778 bits per heavy atom. The van der Waals surface area contributed by atoms with Gasteiger partial charge in [0.15, 0.2) is 0 Å². The van der Waals surface area contributed by atoms with Crippen LogP contribution in [0, 0.1) is 11.8 Å². The number of rotatable bonds is 24. The Kier molecular flexibility index (Phi) is 20.9. The summed E-state index contributed by atoms with van der Waals surface area (Å²) in [5.41, 5.74) is 7.33. The van der Waals surface area contributed by atoms with Crippen LogP contribution in [0.25, 0.3) is 0 Å². The number of nitrogens with zero attached hydrogens (tertiary/aromatic N) is 3. The van der Waals surface area contributed by atoms with Gasteiger partial charge in [-0.3, -0.25) is 24.0 Å². The van der Waals surface area contributed by atoms with E-state index in [9.17, 15) is 49.2 Å². The van der Waals surface area contributed by atoms with Crippen molar-refractivity contribution >= 4 is 58.7 Å². The van der Waals surface area contributed by atoms with Crippen LogP contribution in [0.15, 0.2) is 48.5 Å². The van der Waals surface area contributed by atoms with Crippen LogP contribution in [0.5, 0.6) is 11.5 Å². The van der Waals surface area contributed by atoms with Gasteiger partial charge in [-0.1, -0.05) is 77.6 Å². The van der Waals surface area contributed by atoms with Crippen molar-refractivity contribution in [3.8, 4) is 11.5 Å². The fourth-order valence-corrected chi connectivity index (χ4v) is 8.14. The Labute approximate surface area is 380 Å². The molecular formula is C45H66Cl2N6O10. The number of amides is 5. The molecule has 1 fully saturated rings. The van der Waals surface area contributed by atoms with Crippen molar-refractivity contribution in [3.05, 3.63) is 59.7 Å². The highest BCUT2D eigenvalue weighted by Gasteiger charge is 2.44. The van der Waals surface area contributed by atoms with Gasteiger partial charge in [0.2, 0.25) is 23.6 Å². The summed E-state index contributed by atoms with van der Waals surface area (Å²) in [6.45, 7) is 7.07. The molecular weight excluding hydrogens is 855 g/mol. The zero-order valence-corrected chi connectivity index (χ0v) is 38.6. The standard InChI is InChI=1S/C45H66Cl2N6O10/c1-26(2)37(50-41(58)39(56)32(48)12-9-7-8-10-14-36(46)47)43(60)52(6)38(27(3)4)44(61)51(5)35(25-29-17-21-31(55)22-18-29)42(59)53-23-11-13-34(53)40(57)49-33(45(62)63)24-28-15-19-30(54)20-16-28/h15-22,26-27,32-39,54-56H,7-14,23-25,48H2,1-6H3,(H,49,57)(H,50,58)(H,62,63)/t32-,33-,34-,35-,37-,38-,39-/m0/s1. The first-order valence-corrected chi connectivity index (χ1v) is 22.5. The molecule has 0 unspecified atom stereocenters. The molecule has 1 aliphatic rings. The number of carboxylic acids is 1. The zero-order valence-electron chi connectivity index (χ0n) is 37.1. The summed E-state index contributed by atoms with van der Waals surface area (Å²) < 4.78 is 0. The number of aliphatic hydroxyl groups excluding tert-OH is 1. The lowest BCUT2D eigenvalue weighted by atomic mass is 9.95. The molecule has 0 bridgehead atoms. The van der Waals surface area contributed by atoms with E-state index in [0.717, 1.165) is 19.3 Å². The second-order valence-corrected chi connectivity index (χ2v) is 18.4. The maximum Gasteiger partial charge on any atom is 0.326 e.